The standard InChI is InChI=1S/C14H26N2O/c1-10(11-5-2-3-6-11)16-14(17)13-8-4-7-12(13)9-15/h10-13H,2-9,15H2,1H3,(H,16,17)/t10-,12?,13?/m0/s1. The summed E-state index contributed by atoms with van der Waals surface area (Å²) in [7, 11) is 0. The highest BCUT2D eigenvalue weighted by Crippen LogP contribution is 2.32. The molecule has 0 aromatic heterocycles. The molecular weight excluding hydrogens is 212 g/mol. The first-order valence-electron chi connectivity index (χ1n) is 7.22. The van der Waals surface area contributed by atoms with Crippen molar-refractivity contribution in [3.63, 3.8) is 0 Å². The van der Waals surface area contributed by atoms with Gasteiger partial charge in [-0.1, -0.05) is 19.3 Å². The van der Waals surface area contributed by atoms with E-state index in [1.807, 2.05) is 0 Å². The fourth-order valence-electron chi connectivity index (χ4n) is 3.57. The molecule has 3 nitrogen and oxygen atoms in total. The SMILES string of the molecule is C[C@H](NC(=O)C1CCCC1CN)C1CCCC1. The number of hydrogen-bond donors (Lipinski definition) is 2. The number of amides is 1. The van der Waals surface area contributed by atoms with Crippen molar-refractivity contribution in [1.29, 1.82) is 0 Å². The summed E-state index contributed by atoms with van der Waals surface area (Å²) < 4.78 is 0. The lowest BCUT2D eigenvalue weighted by atomic mass is 9.93. The Morgan fingerprint density at radius 1 is 1.24 bits per heavy atom. The summed E-state index contributed by atoms with van der Waals surface area (Å²) in [5.41, 5.74) is 5.73. The van der Waals surface area contributed by atoms with Gasteiger partial charge in [0.05, 0.1) is 0 Å². The second-order valence-corrected chi connectivity index (χ2v) is 5.87. The summed E-state index contributed by atoms with van der Waals surface area (Å²) in [4.78, 5) is 12.2. The summed E-state index contributed by atoms with van der Waals surface area (Å²) in [6.07, 6.45) is 8.56. The molecule has 0 heterocycles. The minimum absolute atomic E-state index is 0.184. The van der Waals surface area contributed by atoms with E-state index in [9.17, 15) is 4.79 Å². The molecule has 0 radical (unpaired) electrons. The summed E-state index contributed by atoms with van der Waals surface area (Å²) in [5.74, 6) is 1.57. The molecular formula is C14H26N2O. The maximum Gasteiger partial charge on any atom is 0.223 e. The smallest absolute Gasteiger partial charge is 0.223 e. The molecule has 0 aliphatic heterocycles. The van der Waals surface area contributed by atoms with Gasteiger partial charge in [-0.2, -0.15) is 0 Å². The van der Waals surface area contributed by atoms with E-state index in [1.54, 1.807) is 0 Å². The molecule has 2 aliphatic rings. The molecule has 2 saturated carbocycles. The van der Waals surface area contributed by atoms with Crippen LogP contribution in [0.25, 0.3) is 0 Å². The normalized spacial score (nSPS) is 31.6. The van der Waals surface area contributed by atoms with E-state index in [1.165, 1.54) is 25.7 Å². The Hall–Kier alpha value is -0.570. The van der Waals surface area contributed by atoms with Crippen LogP contribution in [0.5, 0.6) is 0 Å². The van der Waals surface area contributed by atoms with Crippen molar-refractivity contribution >= 4 is 5.91 Å². The highest BCUT2D eigenvalue weighted by Gasteiger charge is 2.33. The lowest BCUT2D eigenvalue weighted by molar-refractivity contribution is -0.126. The predicted molar refractivity (Wildman–Crippen MR) is 69.4 cm³/mol. The van der Waals surface area contributed by atoms with Crippen molar-refractivity contribution in [3.8, 4) is 0 Å². The van der Waals surface area contributed by atoms with E-state index in [2.05, 4.69) is 12.2 Å². The fourth-order valence-corrected chi connectivity index (χ4v) is 3.57. The Morgan fingerprint density at radius 2 is 1.94 bits per heavy atom. The van der Waals surface area contributed by atoms with Gasteiger partial charge in [-0.05, 0) is 51.0 Å². The van der Waals surface area contributed by atoms with Crippen LogP contribution in [-0.4, -0.2) is 18.5 Å². The van der Waals surface area contributed by atoms with Gasteiger partial charge < -0.3 is 11.1 Å². The predicted octanol–water partition coefficient (Wildman–Crippen LogP) is 2.06. The first-order chi connectivity index (χ1) is 8.22. The van der Waals surface area contributed by atoms with Crippen LogP contribution in [0.15, 0.2) is 0 Å². The largest absolute Gasteiger partial charge is 0.353 e. The Bertz CT molecular complexity index is 261. The molecule has 0 aromatic carbocycles. The molecule has 0 aromatic rings. The quantitative estimate of drug-likeness (QED) is 0.787. The van der Waals surface area contributed by atoms with Crippen LogP contribution >= 0.6 is 0 Å². The molecule has 0 saturated heterocycles. The van der Waals surface area contributed by atoms with Crippen molar-refractivity contribution < 1.29 is 4.79 Å². The van der Waals surface area contributed by atoms with E-state index in [0.29, 0.717) is 24.4 Å². The minimum atomic E-state index is 0.184. The number of hydrogen-bond acceptors (Lipinski definition) is 2. The van der Waals surface area contributed by atoms with Crippen molar-refractivity contribution in [3.05, 3.63) is 0 Å². The van der Waals surface area contributed by atoms with Crippen molar-refractivity contribution in [2.75, 3.05) is 6.54 Å². The summed E-state index contributed by atoms with van der Waals surface area (Å²) in [6, 6.07) is 0.351. The van der Waals surface area contributed by atoms with E-state index >= 15 is 0 Å². The van der Waals surface area contributed by atoms with E-state index < -0.39 is 0 Å². The van der Waals surface area contributed by atoms with Crippen LogP contribution in [0, 0.1) is 17.8 Å². The monoisotopic (exact) mass is 238 g/mol. The second kappa shape index (κ2) is 5.85. The second-order valence-electron chi connectivity index (χ2n) is 5.87. The van der Waals surface area contributed by atoms with Gasteiger partial charge in [0.25, 0.3) is 0 Å². The third-order valence-corrected chi connectivity index (χ3v) is 4.78. The Balaban J connectivity index is 1.83. The van der Waals surface area contributed by atoms with Gasteiger partial charge in [0.1, 0.15) is 0 Å². The molecule has 3 heteroatoms. The van der Waals surface area contributed by atoms with Crippen LogP contribution in [-0.2, 0) is 4.79 Å². The maximum atomic E-state index is 12.2. The zero-order chi connectivity index (χ0) is 12.3. The zero-order valence-corrected chi connectivity index (χ0v) is 11.0. The number of nitrogens with one attached hydrogen (secondary N) is 1. The first-order valence-corrected chi connectivity index (χ1v) is 7.22. The fraction of sp³-hybridized carbons (Fsp3) is 0.929. The molecule has 0 bridgehead atoms. The number of rotatable bonds is 4. The van der Waals surface area contributed by atoms with Crippen molar-refractivity contribution in [1.82, 2.24) is 5.32 Å². The summed E-state index contributed by atoms with van der Waals surface area (Å²) >= 11 is 0. The third kappa shape index (κ3) is 3.01. The Kier molecular flexibility index (Phi) is 4.43. The van der Waals surface area contributed by atoms with Crippen LogP contribution in [0.4, 0.5) is 0 Å². The first kappa shape index (κ1) is 12.9. The average molecular weight is 238 g/mol. The van der Waals surface area contributed by atoms with Gasteiger partial charge in [-0.25, -0.2) is 0 Å². The molecule has 2 aliphatic carbocycles. The van der Waals surface area contributed by atoms with Crippen LogP contribution in [0.3, 0.4) is 0 Å². The van der Waals surface area contributed by atoms with Gasteiger partial charge in [0.15, 0.2) is 0 Å². The van der Waals surface area contributed by atoms with Gasteiger partial charge >= 0.3 is 0 Å². The number of nitrogens with two attached hydrogens (primary N) is 1. The zero-order valence-electron chi connectivity index (χ0n) is 11.0. The molecule has 3 N–H and O–H groups in total. The van der Waals surface area contributed by atoms with Gasteiger partial charge in [-0.15, -0.1) is 0 Å². The Labute approximate surface area is 105 Å². The maximum absolute atomic E-state index is 12.2. The summed E-state index contributed by atoms with van der Waals surface area (Å²) in [6.45, 7) is 2.83. The third-order valence-electron chi connectivity index (χ3n) is 4.78. The molecule has 0 spiro atoms. The highest BCUT2D eigenvalue weighted by atomic mass is 16.2. The number of carbonyl (C=O) groups excluding carboxylic acids is 1. The van der Waals surface area contributed by atoms with E-state index in [0.717, 1.165) is 19.3 Å². The van der Waals surface area contributed by atoms with E-state index in [-0.39, 0.29) is 11.8 Å². The van der Waals surface area contributed by atoms with Crippen LogP contribution < -0.4 is 11.1 Å². The van der Waals surface area contributed by atoms with Crippen molar-refractivity contribution in [2.45, 2.75) is 57.9 Å². The van der Waals surface area contributed by atoms with E-state index in [4.69, 9.17) is 5.73 Å². The molecule has 17 heavy (non-hydrogen) atoms. The molecule has 3 atom stereocenters. The Morgan fingerprint density at radius 3 is 2.59 bits per heavy atom. The minimum Gasteiger partial charge on any atom is -0.353 e. The van der Waals surface area contributed by atoms with Gasteiger partial charge in [0, 0.05) is 12.0 Å². The highest BCUT2D eigenvalue weighted by molar-refractivity contribution is 5.79. The molecule has 98 valence electrons. The molecule has 2 fully saturated rings. The van der Waals surface area contributed by atoms with Gasteiger partial charge in [-0.3, -0.25) is 4.79 Å². The molecule has 2 rings (SSSR count). The number of carbonyl (C=O) groups is 1. The summed E-state index contributed by atoms with van der Waals surface area (Å²) in [5, 5.41) is 3.23. The average Bonchev–Trinajstić information content (AvgIpc) is 2.99. The molecule has 1 amide bonds. The lowest BCUT2D eigenvalue weighted by Crippen LogP contribution is -2.42. The van der Waals surface area contributed by atoms with Gasteiger partial charge in [0.2, 0.25) is 5.91 Å². The van der Waals surface area contributed by atoms with Crippen LogP contribution in [0.1, 0.15) is 51.9 Å². The molecule has 2 unspecified atom stereocenters. The lowest BCUT2D eigenvalue weighted by Gasteiger charge is -2.24. The topological polar surface area (TPSA) is 55.1 Å². The van der Waals surface area contributed by atoms with Crippen molar-refractivity contribution in [2.24, 2.45) is 23.5 Å². The van der Waals surface area contributed by atoms with Crippen LogP contribution in [0.2, 0.25) is 0 Å².